The van der Waals surface area contributed by atoms with E-state index >= 15 is 0 Å². The number of halogens is 4. The van der Waals surface area contributed by atoms with Gasteiger partial charge in [-0.05, 0) is 37.5 Å². The molecule has 0 spiro atoms. The molecule has 1 aliphatic carbocycles. The van der Waals surface area contributed by atoms with Crippen molar-refractivity contribution in [1.29, 1.82) is 0 Å². The van der Waals surface area contributed by atoms with Gasteiger partial charge in [0.1, 0.15) is 0 Å². The number of amides is 1. The van der Waals surface area contributed by atoms with Gasteiger partial charge in [-0.15, -0.1) is 18.3 Å². The molecule has 0 saturated heterocycles. The molecular weight excluding hydrogens is 419 g/mol. The second-order valence-electron chi connectivity index (χ2n) is 7.19. The summed E-state index contributed by atoms with van der Waals surface area (Å²) in [4.78, 5) is 13.3. The maximum Gasteiger partial charge on any atom is 0.255 e. The van der Waals surface area contributed by atoms with Crippen LogP contribution in [0.3, 0.4) is 0 Å². The normalized spacial score (nSPS) is 15.7. The van der Waals surface area contributed by atoms with Gasteiger partial charge in [0, 0.05) is 33.0 Å². The van der Waals surface area contributed by atoms with Crippen LogP contribution in [0, 0.1) is 17.5 Å². The lowest BCUT2D eigenvalue weighted by Crippen LogP contribution is -2.27. The molecule has 1 amide bonds. The summed E-state index contributed by atoms with van der Waals surface area (Å²) in [5.41, 5.74) is 0.137. The van der Waals surface area contributed by atoms with Crippen molar-refractivity contribution in [3.63, 3.8) is 0 Å². The largest absolute Gasteiger partial charge is 0.322 e. The summed E-state index contributed by atoms with van der Waals surface area (Å²) in [5.74, 6) is -4.86. The van der Waals surface area contributed by atoms with Gasteiger partial charge in [-0.1, -0.05) is 36.9 Å². The Labute approximate surface area is 177 Å². The van der Waals surface area contributed by atoms with Crippen molar-refractivity contribution in [2.45, 2.75) is 48.2 Å². The maximum atomic E-state index is 13.4. The first-order chi connectivity index (χ1) is 13.8. The lowest BCUT2D eigenvalue weighted by atomic mass is 9.86. The molecule has 3 rings (SSSR count). The number of hydrogen-bond acceptors (Lipinski definition) is 2. The van der Waals surface area contributed by atoms with Crippen LogP contribution in [0.15, 0.2) is 47.9 Å². The summed E-state index contributed by atoms with van der Waals surface area (Å²) in [6, 6.07) is 6.33. The topological polar surface area (TPSA) is 29.1 Å². The van der Waals surface area contributed by atoms with Crippen molar-refractivity contribution in [2.75, 3.05) is 5.32 Å². The number of carbonyl (C=O) groups excluding carboxylic acids is 1. The molecule has 0 bridgehead atoms. The minimum atomic E-state index is -1.58. The van der Waals surface area contributed by atoms with Gasteiger partial charge >= 0.3 is 0 Å². The first-order valence-corrected chi connectivity index (χ1v) is 10.6. The molecule has 2 nitrogen and oxygen atoms in total. The van der Waals surface area contributed by atoms with E-state index in [1.54, 1.807) is 30.0 Å². The summed E-state index contributed by atoms with van der Waals surface area (Å²) in [7, 11) is 0. The number of thioether (sulfide) groups is 1. The molecule has 0 aliphatic heterocycles. The zero-order valence-electron chi connectivity index (χ0n) is 15.7. The van der Waals surface area contributed by atoms with Gasteiger partial charge in [0.2, 0.25) is 0 Å². The number of anilines is 1. The molecule has 0 unspecified atom stereocenters. The number of rotatable bonds is 6. The molecule has 1 N–H and O–H groups in total. The zero-order chi connectivity index (χ0) is 21.0. The van der Waals surface area contributed by atoms with Crippen molar-refractivity contribution in [3.05, 3.63) is 71.0 Å². The van der Waals surface area contributed by atoms with Gasteiger partial charge in [-0.3, -0.25) is 4.79 Å². The fourth-order valence-corrected chi connectivity index (χ4v) is 5.34. The van der Waals surface area contributed by atoms with Crippen LogP contribution in [0.5, 0.6) is 0 Å². The van der Waals surface area contributed by atoms with Crippen molar-refractivity contribution in [3.8, 4) is 0 Å². The predicted octanol–water partition coefficient (Wildman–Crippen LogP) is 7.38. The monoisotopic (exact) mass is 439 g/mol. The Kier molecular flexibility index (Phi) is 6.96. The van der Waals surface area contributed by atoms with E-state index < -0.39 is 23.4 Å². The molecule has 154 valence electrons. The predicted molar refractivity (Wildman–Crippen MR) is 112 cm³/mol. The van der Waals surface area contributed by atoms with Crippen LogP contribution >= 0.6 is 23.4 Å². The van der Waals surface area contributed by atoms with Crippen LogP contribution in [0.2, 0.25) is 5.02 Å². The highest BCUT2D eigenvalue weighted by molar-refractivity contribution is 8.00. The minimum absolute atomic E-state index is 0.00194. The fourth-order valence-electron chi connectivity index (χ4n) is 3.59. The van der Waals surface area contributed by atoms with Gasteiger partial charge in [0.05, 0.1) is 5.02 Å². The third kappa shape index (κ3) is 5.17. The summed E-state index contributed by atoms with van der Waals surface area (Å²) < 4.78 is 39.9. The number of allylic oxidation sites excluding steroid dienone is 1. The second kappa shape index (κ2) is 9.26. The molecule has 0 aromatic heterocycles. The van der Waals surface area contributed by atoms with E-state index in [-0.39, 0.29) is 10.4 Å². The quantitative estimate of drug-likeness (QED) is 0.375. The van der Waals surface area contributed by atoms with Crippen molar-refractivity contribution in [2.24, 2.45) is 0 Å². The van der Waals surface area contributed by atoms with Gasteiger partial charge in [0.25, 0.3) is 5.91 Å². The molecule has 1 aliphatic rings. The molecular formula is C22H21ClF3NOS. The number of benzene rings is 2. The van der Waals surface area contributed by atoms with E-state index in [2.05, 4.69) is 11.9 Å². The molecule has 29 heavy (non-hydrogen) atoms. The van der Waals surface area contributed by atoms with Gasteiger partial charge in [-0.25, -0.2) is 13.2 Å². The molecule has 0 atom stereocenters. The molecule has 2 aromatic carbocycles. The van der Waals surface area contributed by atoms with E-state index in [1.165, 1.54) is 6.42 Å². The highest BCUT2D eigenvalue weighted by atomic mass is 35.5. The second-order valence-corrected chi connectivity index (χ2v) is 9.11. The molecule has 0 heterocycles. The third-order valence-corrected chi connectivity index (χ3v) is 7.05. The highest BCUT2D eigenvalue weighted by Gasteiger charge is 2.32. The minimum Gasteiger partial charge on any atom is -0.322 e. The number of carbonyl (C=O) groups is 1. The summed E-state index contributed by atoms with van der Waals surface area (Å²) in [6.45, 7) is 3.88. The van der Waals surface area contributed by atoms with E-state index in [4.69, 9.17) is 11.6 Å². The Bertz CT molecular complexity index is 905. The van der Waals surface area contributed by atoms with E-state index in [0.29, 0.717) is 10.6 Å². The maximum absolute atomic E-state index is 13.4. The molecule has 1 fully saturated rings. The van der Waals surface area contributed by atoms with Crippen LogP contribution in [-0.2, 0) is 0 Å². The lowest BCUT2D eigenvalue weighted by Gasteiger charge is -2.36. The van der Waals surface area contributed by atoms with Gasteiger partial charge < -0.3 is 5.32 Å². The average Bonchev–Trinajstić information content (AvgIpc) is 2.68. The van der Waals surface area contributed by atoms with Crippen LogP contribution in [0.1, 0.15) is 48.9 Å². The van der Waals surface area contributed by atoms with Crippen LogP contribution in [0.4, 0.5) is 18.9 Å². The molecule has 1 saturated carbocycles. The van der Waals surface area contributed by atoms with E-state index in [9.17, 15) is 18.0 Å². The standard InChI is InChI=1S/C22H21ClF3NOS/c1-2-8-22(9-4-3-5-10-22)29-19-11-14(6-7-16(19)23)21(28)27-15-12-17(24)20(26)18(25)13-15/h2,6-7,11-13H,1,3-5,8-10H2,(H,27,28). The summed E-state index contributed by atoms with van der Waals surface area (Å²) in [5, 5.41) is 2.94. The van der Waals surface area contributed by atoms with Crippen molar-refractivity contribution in [1.82, 2.24) is 0 Å². The third-order valence-electron chi connectivity index (χ3n) is 5.04. The van der Waals surface area contributed by atoms with Crippen molar-refractivity contribution < 1.29 is 18.0 Å². The summed E-state index contributed by atoms with van der Waals surface area (Å²) >= 11 is 8.04. The van der Waals surface area contributed by atoms with E-state index in [0.717, 1.165) is 49.1 Å². The first-order valence-electron chi connectivity index (χ1n) is 9.39. The average molecular weight is 440 g/mol. The van der Waals surface area contributed by atoms with Crippen LogP contribution in [-0.4, -0.2) is 10.7 Å². The Balaban J connectivity index is 1.82. The number of hydrogen-bond donors (Lipinski definition) is 1. The lowest BCUT2D eigenvalue weighted by molar-refractivity contribution is 0.102. The number of nitrogens with one attached hydrogen (secondary N) is 1. The van der Waals surface area contributed by atoms with E-state index in [1.807, 2.05) is 6.08 Å². The first kappa shape index (κ1) is 21.8. The molecule has 7 heteroatoms. The molecule has 0 radical (unpaired) electrons. The highest BCUT2D eigenvalue weighted by Crippen LogP contribution is 2.48. The molecule has 2 aromatic rings. The Morgan fingerprint density at radius 3 is 2.41 bits per heavy atom. The Morgan fingerprint density at radius 1 is 1.14 bits per heavy atom. The van der Waals surface area contributed by atoms with Gasteiger partial charge in [0.15, 0.2) is 17.5 Å². The fraction of sp³-hybridized carbons (Fsp3) is 0.318. The van der Waals surface area contributed by atoms with Gasteiger partial charge in [-0.2, -0.15) is 0 Å². The van der Waals surface area contributed by atoms with Crippen LogP contribution in [0.25, 0.3) is 0 Å². The zero-order valence-corrected chi connectivity index (χ0v) is 17.3. The SMILES string of the molecule is C=CCC1(Sc2cc(C(=O)Nc3cc(F)c(F)c(F)c3)ccc2Cl)CCCCC1. The van der Waals surface area contributed by atoms with Crippen molar-refractivity contribution >= 4 is 35.0 Å². The Morgan fingerprint density at radius 2 is 1.79 bits per heavy atom. The Hall–Kier alpha value is -1.92. The van der Waals surface area contributed by atoms with Crippen LogP contribution < -0.4 is 5.32 Å². The summed E-state index contributed by atoms with van der Waals surface area (Å²) in [6.07, 6.45) is 8.34. The smallest absolute Gasteiger partial charge is 0.255 e.